The number of hydrogen-bond acceptors (Lipinski definition) is 5. The second kappa shape index (κ2) is 8.29. The average Bonchev–Trinajstić information content (AvgIpc) is 2.40. The van der Waals surface area contributed by atoms with Gasteiger partial charge in [0.1, 0.15) is 0 Å². The molecule has 0 amide bonds. The lowest BCUT2D eigenvalue weighted by Crippen LogP contribution is -2.50. The van der Waals surface area contributed by atoms with E-state index in [2.05, 4.69) is 5.32 Å². The number of nitrogens with zero attached hydrogens (tertiary/aromatic N) is 1. The molecule has 0 bridgehead atoms. The highest BCUT2D eigenvalue weighted by Crippen LogP contribution is 2.16. The summed E-state index contributed by atoms with van der Waals surface area (Å²) >= 11 is 0. The maximum Gasteiger partial charge on any atom is 0.214 e. The summed E-state index contributed by atoms with van der Waals surface area (Å²) in [6, 6.07) is 0.389. The highest BCUT2D eigenvalue weighted by Gasteiger charge is 2.28. The van der Waals surface area contributed by atoms with Gasteiger partial charge in [0, 0.05) is 33.4 Å². The van der Waals surface area contributed by atoms with Crippen LogP contribution in [0.4, 0.5) is 0 Å². The van der Waals surface area contributed by atoms with Crippen molar-refractivity contribution in [3.05, 3.63) is 0 Å². The maximum atomic E-state index is 12.0. The van der Waals surface area contributed by atoms with Crippen LogP contribution in [0.1, 0.15) is 33.1 Å². The molecule has 1 saturated heterocycles. The van der Waals surface area contributed by atoms with E-state index in [9.17, 15) is 8.42 Å². The molecule has 0 aliphatic carbocycles. The Balaban J connectivity index is 2.43. The molecule has 1 heterocycles. The fraction of sp³-hybridized carbons (Fsp3) is 1.00. The van der Waals surface area contributed by atoms with Crippen LogP contribution < -0.4 is 5.32 Å². The Labute approximate surface area is 122 Å². The standard InChI is InChI=1S/C13H28N2O4S/c1-5-10-20(16,17)15-8-6-12(7-9-15)14-11(2)13(18-3)19-4/h11-14H,5-10H2,1-4H3. The first-order valence-corrected chi connectivity index (χ1v) is 8.85. The van der Waals surface area contributed by atoms with Crippen molar-refractivity contribution in [2.24, 2.45) is 0 Å². The summed E-state index contributed by atoms with van der Waals surface area (Å²) in [7, 11) is 0.180. The predicted octanol–water partition coefficient (Wildman–Crippen LogP) is 0.788. The monoisotopic (exact) mass is 308 g/mol. The molecular weight excluding hydrogens is 280 g/mol. The van der Waals surface area contributed by atoms with Gasteiger partial charge in [-0.2, -0.15) is 0 Å². The minimum absolute atomic E-state index is 0.0776. The molecule has 0 radical (unpaired) electrons. The van der Waals surface area contributed by atoms with Gasteiger partial charge in [0.2, 0.25) is 10.0 Å². The van der Waals surface area contributed by atoms with Crippen molar-refractivity contribution in [2.75, 3.05) is 33.1 Å². The lowest BCUT2D eigenvalue weighted by atomic mass is 10.1. The van der Waals surface area contributed by atoms with Crippen molar-refractivity contribution in [3.8, 4) is 0 Å². The first-order chi connectivity index (χ1) is 9.44. The first kappa shape index (κ1) is 17.8. The van der Waals surface area contributed by atoms with Crippen LogP contribution in [-0.2, 0) is 19.5 Å². The maximum absolute atomic E-state index is 12.0. The van der Waals surface area contributed by atoms with Crippen LogP contribution in [0.3, 0.4) is 0 Å². The van der Waals surface area contributed by atoms with E-state index in [0.29, 0.717) is 25.6 Å². The molecule has 20 heavy (non-hydrogen) atoms. The minimum Gasteiger partial charge on any atom is -0.354 e. The molecule has 6 nitrogen and oxygen atoms in total. The summed E-state index contributed by atoms with van der Waals surface area (Å²) in [4.78, 5) is 0. The third kappa shape index (κ3) is 4.96. The largest absolute Gasteiger partial charge is 0.354 e. The summed E-state index contributed by atoms with van der Waals surface area (Å²) in [5.74, 6) is 0.247. The molecule has 120 valence electrons. The van der Waals surface area contributed by atoms with E-state index in [-0.39, 0.29) is 18.1 Å². The molecule has 1 atom stereocenters. The van der Waals surface area contributed by atoms with Gasteiger partial charge >= 0.3 is 0 Å². The average molecular weight is 308 g/mol. The van der Waals surface area contributed by atoms with E-state index in [1.807, 2.05) is 13.8 Å². The van der Waals surface area contributed by atoms with Crippen LogP contribution in [0.5, 0.6) is 0 Å². The summed E-state index contributed by atoms with van der Waals surface area (Å²) in [5.41, 5.74) is 0. The molecule has 7 heteroatoms. The molecular formula is C13H28N2O4S. The van der Waals surface area contributed by atoms with Crippen molar-refractivity contribution in [1.29, 1.82) is 0 Å². The van der Waals surface area contributed by atoms with E-state index in [1.54, 1.807) is 18.5 Å². The molecule has 0 aromatic rings. The summed E-state index contributed by atoms with van der Waals surface area (Å²) < 4.78 is 36.0. The molecule has 0 aromatic heterocycles. The molecule has 0 spiro atoms. The number of ether oxygens (including phenoxy) is 2. The second-order valence-corrected chi connectivity index (χ2v) is 7.37. The Bertz CT molecular complexity index is 363. The van der Waals surface area contributed by atoms with E-state index in [4.69, 9.17) is 9.47 Å². The zero-order valence-corrected chi connectivity index (χ0v) is 13.8. The Morgan fingerprint density at radius 3 is 2.25 bits per heavy atom. The highest BCUT2D eigenvalue weighted by molar-refractivity contribution is 7.89. The zero-order valence-electron chi connectivity index (χ0n) is 13.0. The normalized spacial score (nSPS) is 20.4. The lowest BCUT2D eigenvalue weighted by Gasteiger charge is -2.34. The van der Waals surface area contributed by atoms with E-state index in [1.165, 1.54) is 0 Å². The van der Waals surface area contributed by atoms with Crippen molar-refractivity contribution >= 4 is 10.0 Å². The molecule has 1 aliphatic heterocycles. The van der Waals surface area contributed by atoms with Crippen LogP contribution in [0.25, 0.3) is 0 Å². The fourth-order valence-corrected chi connectivity index (χ4v) is 4.18. The third-order valence-electron chi connectivity index (χ3n) is 3.68. The summed E-state index contributed by atoms with van der Waals surface area (Å²) in [6.45, 7) is 5.09. The molecule has 1 fully saturated rings. The van der Waals surface area contributed by atoms with E-state index in [0.717, 1.165) is 12.8 Å². The van der Waals surface area contributed by atoms with Crippen LogP contribution in [0.2, 0.25) is 0 Å². The molecule has 1 rings (SSSR count). The predicted molar refractivity (Wildman–Crippen MR) is 79.1 cm³/mol. The second-order valence-electron chi connectivity index (χ2n) is 5.28. The van der Waals surface area contributed by atoms with Crippen molar-refractivity contribution in [2.45, 2.75) is 51.5 Å². The summed E-state index contributed by atoms with van der Waals surface area (Å²) in [6.07, 6.45) is 2.04. The molecule has 1 aliphatic rings. The van der Waals surface area contributed by atoms with Gasteiger partial charge in [-0.25, -0.2) is 12.7 Å². The van der Waals surface area contributed by atoms with Gasteiger partial charge in [0.05, 0.1) is 11.8 Å². The minimum atomic E-state index is -3.05. The highest BCUT2D eigenvalue weighted by atomic mass is 32.2. The van der Waals surface area contributed by atoms with Crippen LogP contribution >= 0.6 is 0 Å². The van der Waals surface area contributed by atoms with Gasteiger partial charge in [-0.3, -0.25) is 0 Å². The fourth-order valence-electron chi connectivity index (χ4n) is 2.64. The number of piperidine rings is 1. The van der Waals surface area contributed by atoms with E-state index < -0.39 is 10.0 Å². The van der Waals surface area contributed by atoms with Gasteiger partial charge in [-0.15, -0.1) is 0 Å². The van der Waals surface area contributed by atoms with Crippen LogP contribution in [-0.4, -0.2) is 64.2 Å². The Kier molecular flexibility index (Phi) is 7.39. The van der Waals surface area contributed by atoms with Gasteiger partial charge in [0.25, 0.3) is 0 Å². The Hall–Kier alpha value is -0.210. The van der Waals surface area contributed by atoms with Crippen molar-refractivity contribution in [1.82, 2.24) is 9.62 Å². The Morgan fingerprint density at radius 1 is 1.25 bits per heavy atom. The molecule has 0 aromatic carbocycles. The SMILES string of the molecule is CCCS(=O)(=O)N1CCC(NC(C)C(OC)OC)CC1. The Morgan fingerprint density at radius 2 is 1.80 bits per heavy atom. The van der Waals surface area contributed by atoms with Gasteiger partial charge in [0.15, 0.2) is 6.29 Å². The van der Waals surface area contributed by atoms with Gasteiger partial charge < -0.3 is 14.8 Å². The lowest BCUT2D eigenvalue weighted by molar-refractivity contribution is -0.121. The van der Waals surface area contributed by atoms with E-state index >= 15 is 0 Å². The topological polar surface area (TPSA) is 67.9 Å². The van der Waals surface area contributed by atoms with Crippen molar-refractivity contribution in [3.63, 3.8) is 0 Å². The van der Waals surface area contributed by atoms with Crippen molar-refractivity contribution < 1.29 is 17.9 Å². The van der Waals surface area contributed by atoms with Crippen LogP contribution in [0, 0.1) is 0 Å². The van der Waals surface area contributed by atoms with Gasteiger partial charge in [-0.05, 0) is 26.2 Å². The molecule has 1 N–H and O–H groups in total. The smallest absolute Gasteiger partial charge is 0.214 e. The zero-order chi connectivity index (χ0) is 15.2. The van der Waals surface area contributed by atoms with Gasteiger partial charge in [-0.1, -0.05) is 6.92 Å². The quantitative estimate of drug-likeness (QED) is 0.671. The van der Waals surface area contributed by atoms with Crippen LogP contribution in [0.15, 0.2) is 0 Å². The summed E-state index contributed by atoms with van der Waals surface area (Å²) in [5, 5.41) is 3.45. The third-order valence-corrected chi connectivity index (χ3v) is 5.76. The number of rotatable bonds is 8. The number of methoxy groups -OCH3 is 2. The number of hydrogen-bond donors (Lipinski definition) is 1. The number of nitrogens with one attached hydrogen (secondary N) is 1. The number of sulfonamides is 1. The molecule has 0 saturated carbocycles. The molecule has 1 unspecified atom stereocenters. The first-order valence-electron chi connectivity index (χ1n) is 7.24.